The van der Waals surface area contributed by atoms with Crippen LogP contribution in [0.3, 0.4) is 0 Å². The normalized spacial score (nSPS) is 23.1. The van der Waals surface area contributed by atoms with E-state index in [9.17, 15) is 13.2 Å². The van der Waals surface area contributed by atoms with E-state index >= 15 is 0 Å². The van der Waals surface area contributed by atoms with E-state index in [1.165, 1.54) is 5.57 Å². The number of rotatable bonds is 4. The van der Waals surface area contributed by atoms with Crippen LogP contribution < -0.4 is 0 Å². The lowest BCUT2D eigenvalue weighted by atomic mass is 9.83. The van der Waals surface area contributed by atoms with Crippen molar-refractivity contribution in [2.45, 2.75) is 56.8 Å². The van der Waals surface area contributed by atoms with Crippen molar-refractivity contribution in [1.82, 2.24) is 9.21 Å². The molecule has 0 bridgehead atoms. The summed E-state index contributed by atoms with van der Waals surface area (Å²) in [7, 11) is -3.51. The standard InChI is InChI=1S/C21H28N2O3S/c1-16-7-9-18(10-8-16)27(25,26)23-14-11-19-17(5-4-6-20(19)23)15-21(24)22-12-2-3-13-22/h7-10,17H,2-6,11-15H2,1H3. The molecule has 0 N–H and O–H groups in total. The van der Waals surface area contributed by atoms with Gasteiger partial charge in [0.2, 0.25) is 5.91 Å². The Balaban J connectivity index is 1.56. The van der Waals surface area contributed by atoms with Crippen LogP contribution in [-0.4, -0.2) is 43.2 Å². The molecule has 146 valence electrons. The number of allylic oxidation sites excluding steroid dienone is 1. The first-order valence-electron chi connectivity index (χ1n) is 10.1. The highest BCUT2D eigenvalue weighted by atomic mass is 32.2. The van der Waals surface area contributed by atoms with E-state index in [0.29, 0.717) is 17.9 Å². The Labute approximate surface area is 162 Å². The van der Waals surface area contributed by atoms with Crippen LogP contribution in [0.2, 0.25) is 0 Å². The van der Waals surface area contributed by atoms with Gasteiger partial charge in [0.25, 0.3) is 10.0 Å². The summed E-state index contributed by atoms with van der Waals surface area (Å²) in [4.78, 5) is 14.9. The second-order valence-electron chi connectivity index (χ2n) is 7.99. The maximum atomic E-state index is 13.2. The Bertz CT molecular complexity index is 852. The zero-order valence-corrected chi connectivity index (χ0v) is 16.8. The molecular formula is C21H28N2O3S. The Morgan fingerprint density at radius 2 is 1.74 bits per heavy atom. The number of carbonyl (C=O) groups is 1. The topological polar surface area (TPSA) is 57.7 Å². The molecule has 1 unspecified atom stereocenters. The van der Waals surface area contributed by atoms with Gasteiger partial charge >= 0.3 is 0 Å². The van der Waals surface area contributed by atoms with Gasteiger partial charge in [-0.05, 0) is 69.1 Å². The third kappa shape index (κ3) is 3.51. The minimum absolute atomic E-state index is 0.208. The summed E-state index contributed by atoms with van der Waals surface area (Å²) in [6.07, 6.45) is 6.26. The SMILES string of the molecule is Cc1ccc(S(=O)(=O)N2CCC3=C2CCCC3CC(=O)N2CCCC2)cc1. The molecular weight excluding hydrogens is 360 g/mol. The van der Waals surface area contributed by atoms with Gasteiger partial charge in [0.1, 0.15) is 0 Å². The molecule has 1 amide bonds. The fraction of sp³-hybridized carbons (Fsp3) is 0.571. The number of benzene rings is 1. The zero-order chi connectivity index (χ0) is 19.0. The van der Waals surface area contributed by atoms with Crippen molar-refractivity contribution >= 4 is 15.9 Å². The van der Waals surface area contributed by atoms with Crippen molar-refractivity contribution in [3.05, 3.63) is 41.1 Å². The van der Waals surface area contributed by atoms with Gasteiger partial charge in [0.05, 0.1) is 4.90 Å². The molecule has 2 aliphatic heterocycles. The molecule has 1 atom stereocenters. The number of carbonyl (C=O) groups excluding carboxylic acids is 1. The first-order chi connectivity index (χ1) is 13.0. The molecule has 0 radical (unpaired) electrons. The fourth-order valence-corrected chi connectivity index (χ4v) is 6.28. The molecule has 1 aromatic carbocycles. The molecule has 1 saturated heterocycles. The number of aryl methyl sites for hydroxylation is 1. The van der Waals surface area contributed by atoms with Crippen molar-refractivity contribution < 1.29 is 13.2 Å². The Morgan fingerprint density at radius 3 is 2.44 bits per heavy atom. The molecule has 27 heavy (non-hydrogen) atoms. The van der Waals surface area contributed by atoms with Gasteiger partial charge in [-0.25, -0.2) is 8.42 Å². The summed E-state index contributed by atoms with van der Waals surface area (Å²) in [6, 6.07) is 7.08. The summed E-state index contributed by atoms with van der Waals surface area (Å²) in [5, 5.41) is 0. The van der Waals surface area contributed by atoms with Gasteiger partial charge in [-0.3, -0.25) is 9.10 Å². The molecule has 6 heteroatoms. The smallest absolute Gasteiger partial charge is 0.264 e. The van der Waals surface area contributed by atoms with Crippen LogP contribution in [0.5, 0.6) is 0 Å². The summed E-state index contributed by atoms with van der Waals surface area (Å²) in [5.41, 5.74) is 3.22. The predicted molar refractivity (Wildman–Crippen MR) is 104 cm³/mol. The Morgan fingerprint density at radius 1 is 1.04 bits per heavy atom. The van der Waals surface area contributed by atoms with Crippen molar-refractivity contribution in [2.24, 2.45) is 5.92 Å². The van der Waals surface area contributed by atoms with Crippen LogP contribution in [0, 0.1) is 12.8 Å². The summed E-state index contributed by atoms with van der Waals surface area (Å²) in [5.74, 6) is 0.450. The van der Waals surface area contributed by atoms with Crippen molar-refractivity contribution in [3.63, 3.8) is 0 Å². The van der Waals surface area contributed by atoms with Crippen LogP contribution in [0.1, 0.15) is 50.5 Å². The van der Waals surface area contributed by atoms with E-state index in [4.69, 9.17) is 0 Å². The van der Waals surface area contributed by atoms with E-state index < -0.39 is 10.0 Å². The fourth-order valence-electron chi connectivity index (χ4n) is 4.71. The van der Waals surface area contributed by atoms with Gasteiger partial charge < -0.3 is 4.90 Å². The molecule has 1 aromatic rings. The second-order valence-corrected chi connectivity index (χ2v) is 9.86. The van der Waals surface area contributed by atoms with Crippen molar-refractivity contribution in [1.29, 1.82) is 0 Å². The zero-order valence-electron chi connectivity index (χ0n) is 16.0. The number of hydrogen-bond acceptors (Lipinski definition) is 3. The minimum atomic E-state index is -3.51. The highest BCUT2D eigenvalue weighted by molar-refractivity contribution is 7.89. The third-order valence-electron chi connectivity index (χ3n) is 6.20. The first kappa shape index (κ1) is 18.5. The molecule has 0 spiro atoms. The third-order valence-corrected chi connectivity index (χ3v) is 8.05. The van der Waals surface area contributed by atoms with Gasteiger partial charge in [0.15, 0.2) is 0 Å². The van der Waals surface area contributed by atoms with Crippen LogP contribution in [0.4, 0.5) is 0 Å². The maximum Gasteiger partial charge on any atom is 0.264 e. The van der Waals surface area contributed by atoms with E-state index in [1.54, 1.807) is 16.4 Å². The minimum Gasteiger partial charge on any atom is -0.343 e. The molecule has 0 aromatic heterocycles. The average molecular weight is 389 g/mol. The lowest BCUT2D eigenvalue weighted by molar-refractivity contribution is -0.130. The van der Waals surface area contributed by atoms with Crippen LogP contribution in [0.25, 0.3) is 0 Å². The van der Waals surface area contributed by atoms with Gasteiger partial charge in [0, 0.05) is 31.8 Å². The second kappa shape index (κ2) is 7.30. The number of nitrogens with zero attached hydrogens (tertiary/aromatic N) is 2. The molecule has 5 nitrogen and oxygen atoms in total. The summed E-state index contributed by atoms with van der Waals surface area (Å²) in [6.45, 7) is 4.22. The van der Waals surface area contributed by atoms with E-state index in [0.717, 1.165) is 62.9 Å². The van der Waals surface area contributed by atoms with Gasteiger partial charge in [-0.15, -0.1) is 0 Å². The number of likely N-dealkylation sites (tertiary alicyclic amines) is 1. The van der Waals surface area contributed by atoms with Crippen molar-refractivity contribution in [3.8, 4) is 0 Å². The van der Waals surface area contributed by atoms with Crippen LogP contribution in [-0.2, 0) is 14.8 Å². The first-order valence-corrected chi connectivity index (χ1v) is 11.5. The lowest BCUT2D eigenvalue weighted by Gasteiger charge is -2.29. The van der Waals surface area contributed by atoms with Crippen LogP contribution in [0.15, 0.2) is 40.4 Å². The molecule has 1 aliphatic carbocycles. The average Bonchev–Trinajstić information content (AvgIpc) is 3.33. The number of amides is 1. The van der Waals surface area contributed by atoms with Crippen molar-refractivity contribution in [2.75, 3.05) is 19.6 Å². The lowest BCUT2D eigenvalue weighted by Crippen LogP contribution is -2.31. The number of sulfonamides is 1. The van der Waals surface area contributed by atoms with Gasteiger partial charge in [-0.1, -0.05) is 17.7 Å². The highest BCUT2D eigenvalue weighted by Gasteiger charge is 2.38. The monoisotopic (exact) mass is 388 g/mol. The Kier molecular flexibility index (Phi) is 5.01. The predicted octanol–water partition coefficient (Wildman–Crippen LogP) is 3.46. The quantitative estimate of drug-likeness (QED) is 0.794. The molecule has 3 aliphatic rings. The van der Waals surface area contributed by atoms with Gasteiger partial charge in [-0.2, -0.15) is 0 Å². The molecule has 2 heterocycles. The van der Waals surface area contributed by atoms with E-state index in [-0.39, 0.29) is 11.8 Å². The van der Waals surface area contributed by atoms with E-state index in [1.807, 2.05) is 24.0 Å². The largest absolute Gasteiger partial charge is 0.343 e. The summed E-state index contributed by atoms with van der Waals surface area (Å²) >= 11 is 0. The molecule has 4 rings (SSSR count). The highest BCUT2D eigenvalue weighted by Crippen LogP contribution is 2.42. The molecule has 0 saturated carbocycles. The maximum absolute atomic E-state index is 13.2. The Hall–Kier alpha value is -1.82. The molecule has 1 fully saturated rings. The summed E-state index contributed by atoms with van der Waals surface area (Å²) < 4.78 is 27.9. The van der Waals surface area contributed by atoms with Crippen LogP contribution >= 0.6 is 0 Å². The number of hydrogen-bond donors (Lipinski definition) is 0. The van der Waals surface area contributed by atoms with E-state index in [2.05, 4.69) is 0 Å².